The molecule has 1 saturated heterocycles. The summed E-state index contributed by atoms with van der Waals surface area (Å²) in [6.45, 7) is 16.1. The van der Waals surface area contributed by atoms with E-state index in [4.69, 9.17) is 21.1 Å². The van der Waals surface area contributed by atoms with Gasteiger partial charge in [0.2, 0.25) is 5.88 Å². The third-order valence-corrected chi connectivity index (χ3v) is 8.03. The predicted molar refractivity (Wildman–Crippen MR) is 164 cm³/mol. The summed E-state index contributed by atoms with van der Waals surface area (Å²) >= 11 is 6.37. The molecule has 3 heterocycles. The Morgan fingerprint density at radius 1 is 1.10 bits per heavy atom. The summed E-state index contributed by atoms with van der Waals surface area (Å²) in [7, 11) is 0. The van der Waals surface area contributed by atoms with E-state index in [0.717, 1.165) is 58.9 Å². The van der Waals surface area contributed by atoms with Crippen molar-refractivity contribution >= 4 is 23.3 Å². The Hall–Kier alpha value is -3.16. The normalized spacial score (nSPS) is 16.0. The highest BCUT2D eigenvalue weighted by Crippen LogP contribution is 2.43. The van der Waals surface area contributed by atoms with Gasteiger partial charge in [-0.3, -0.25) is 4.98 Å². The second-order valence-corrected chi connectivity index (χ2v) is 13.0. The van der Waals surface area contributed by atoms with Crippen LogP contribution >= 0.6 is 11.6 Å². The van der Waals surface area contributed by atoms with Gasteiger partial charge in [-0.05, 0) is 76.1 Å². The van der Waals surface area contributed by atoms with Gasteiger partial charge in [0.25, 0.3) is 0 Å². The number of benzene rings is 1. The molecule has 0 amide bonds. The van der Waals surface area contributed by atoms with Crippen molar-refractivity contribution < 1.29 is 19.4 Å². The number of carbonyl (C=O) groups is 1. The SMILES string of the molecule is Cc1cccc(Cl)c1CCOc1ccc(-c2cnc(C)c([C@H](OC(C)(C)C)C(=O)O)c2N2CCC(C)(C)CC2)cn1. The highest BCUT2D eigenvalue weighted by molar-refractivity contribution is 6.31. The number of hydrogen-bond acceptors (Lipinski definition) is 6. The molecule has 0 aliphatic carbocycles. The van der Waals surface area contributed by atoms with Gasteiger partial charge in [0.1, 0.15) is 0 Å². The molecule has 0 radical (unpaired) electrons. The van der Waals surface area contributed by atoms with E-state index in [9.17, 15) is 9.90 Å². The summed E-state index contributed by atoms with van der Waals surface area (Å²) in [4.78, 5) is 24.1. The highest BCUT2D eigenvalue weighted by atomic mass is 35.5. The second-order valence-electron chi connectivity index (χ2n) is 12.6. The lowest BCUT2D eigenvalue weighted by atomic mass is 9.82. The number of nitrogens with zero attached hydrogens (tertiary/aromatic N) is 3. The molecule has 41 heavy (non-hydrogen) atoms. The Morgan fingerprint density at radius 2 is 1.80 bits per heavy atom. The number of anilines is 1. The minimum absolute atomic E-state index is 0.232. The summed E-state index contributed by atoms with van der Waals surface area (Å²) in [5.41, 5.74) is 5.56. The van der Waals surface area contributed by atoms with Crippen molar-refractivity contribution in [3.8, 4) is 17.0 Å². The number of ether oxygens (including phenoxy) is 2. The zero-order chi connectivity index (χ0) is 29.9. The molecule has 1 N–H and O–H groups in total. The lowest BCUT2D eigenvalue weighted by molar-refractivity contribution is -0.160. The number of halogens is 1. The number of carboxylic acids is 1. The summed E-state index contributed by atoms with van der Waals surface area (Å²) in [5, 5.41) is 11.0. The van der Waals surface area contributed by atoms with Crippen LogP contribution in [0.1, 0.15) is 75.9 Å². The predicted octanol–water partition coefficient (Wildman–Crippen LogP) is 7.60. The lowest BCUT2D eigenvalue weighted by Gasteiger charge is -2.40. The molecule has 1 fully saturated rings. The first kappa shape index (κ1) is 30.8. The van der Waals surface area contributed by atoms with Gasteiger partial charge in [0.05, 0.1) is 17.9 Å². The summed E-state index contributed by atoms with van der Waals surface area (Å²) < 4.78 is 12.1. The van der Waals surface area contributed by atoms with Crippen LogP contribution in [0.15, 0.2) is 42.7 Å². The molecular weight excluding hydrogens is 538 g/mol. The Morgan fingerprint density at radius 3 is 2.39 bits per heavy atom. The molecule has 1 aromatic carbocycles. The smallest absolute Gasteiger partial charge is 0.337 e. The van der Waals surface area contributed by atoms with Crippen molar-refractivity contribution in [2.45, 2.75) is 79.4 Å². The van der Waals surface area contributed by atoms with Crippen LogP contribution in [-0.4, -0.2) is 46.3 Å². The minimum Gasteiger partial charge on any atom is -0.479 e. The van der Waals surface area contributed by atoms with E-state index in [2.05, 4.69) is 28.7 Å². The Labute approximate surface area is 248 Å². The zero-order valence-corrected chi connectivity index (χ0v) is 26.0. The lowest BCUT2D eigenvalue weighted by Crippen LogP contribution is -2.39. The molecule has 0 saturated carbocycles. The third-order valence-electron chi connectivity index (χ3n) is 7.68. The number of pyridine rings is 2. The number of carboxylic acid groups (broad SMARTS) is 1. The van der Waals surface area contributed by atoms with Crippen LogP contribution in [0.3, 0.4) is 0 Å². The van der Waals surface area contributed by atoms with Crippen LogP contribution in [0.5, 0.6) is 5.88 Å². The van der Waals surface area contributed by atoms with Gasteiger partial charge in [-0.2, -0.15) is 0 Å². The fraction of sp³-hybridized carbons (Fsp3) is 0.485. The van der Waals surface area contributed by atoms with Crippen LogP contribution in [0.25, 0.3) is 11.1 Å². The van der Waals surface area contributed by atoms with E-state index in [1.54, 1.807) is 6.20 Å². The van der Waals surface area contributed by atoms with Gasteiger partial charge in [-0.15, -0.1) is 0 Å². The molecule has 0 spiro atoms. The number of aliphatic carboxylic acids is 1. The van der Waals surface area contributed by atoms with E-state index >= 15 is 0 Å². The van der Waals surface area contributed by atoms with Crippen molar-refractivity contribution in [1.82, 2.24) is 9.97 Å². The van der Waals surface area contributed by atoms with E-state index in [0.29, 0.717) is 30.2 Å². The van der Waals surface area contributed by atoms with Crippen molar-refractivity contribution in [2.75, 3.05) is 24.6 Å². The van der Waals surface area contributed by atoms with Crippen molar-refractivity contribution in [3.05, 3.63) is 70.1 Å². The van der Waals surface area contributed by atoms with Gasteiger partial charge in [-0.25, -0.2) is 9.78 Å². The first-order valence-corrected chi connectivity index (χ1v) is 14.6. The van der Waals surface area contributed by atoms with Crippen LogP contribution < -0.4 is 9.64 Å². The molecular formula is C33H42ClN3O4. The molecule has 0 unspecified atom stereocenters. The molecule has 4 rings (SSSR count). The van der Waals surface area contributed by atoms with Crippen molar-refractivity contribution in [3.63, 3.8) is 0 Å². The molecule has 7 nitrogen and oxygen atoms in total. The second kappa shape index (κ2) is 12.4. The molecule has 220 valence electrons. The molecule has 1 aliphatic heterocycles. The van der Waals surface area contributed by atoms with Crippen LogP contribution in [-0.2, 0) is 16.0 Å². The quantitative estimate of drug-likeness (QED) is 0.279. The topological polar surface area (TPSA) is 84.8 Å². The maximum atomic E-state index is 12.6. The van der Waals surface area contributed by atoms with Gasteiger partial charge in [0, 0.05) is 65.4 Å². The van der Waals surface area contributed by atoms with Gasteiger partial charge in [-0.1, -0.05) is 37.6 Å². The molecule has 8 heteroatoms. The monoisotopic (exact) mass is 579 g/mol. The van der Waals surface area contributed by atoms with Gasteiger partial charge in [0.15, 0.2) is 6.10 Å². The largest absolute Gasteiger partial charge is 0.479 e. The first-order chi connectivity index (χ1) is 19.3. The number of rotatable bonds is 9. The summed E-state index contributed by atoms with van der Waals surface area (Å²) in [6.07, 6.45) is 5.12. The zero-order valence-electron chi connectivity index (χ0n) is 25.3. The highest BCUT2D eigenvalue weighted by Gasteiger charge is 2.35. The number of piperidine rings is 1. The number of aryl methyl sites for hydroxylation is 2. The summed E-state index contributed by atoms with van der Waals surface area (Å²) in [6, 6.07) is 9.68. The first-order valence-electron chi connectivity index (χ1n) is 14.2. The van der Waals surface area contributed by atoms with E-state index in [1.165, 1.54) is 0 Å². The standard InChI is InChI=1S/C33H42ClN3O4/c1-21-9-8-10-26(34)24(21)13-18-40-27-12-11-23(19-36-27)25-20-35-22(2)28(30(31(38)39)41-32(3,4)5)29(25)37-16-14-33(6,7)15-17-37/h8-12,19-20,30H,13-18H2,1-7H3,(H,38,39)/t30-/m0/s1. The molecule has 3 aromatic rings. The Balaban J connectivity index is 1.68. The molecule has 2 aromatic heterocycles. The van der Waals surface area contributed by atoms with Crippen LogP contribution in [0.4, 0.5) is 5.69 Å². The van der Waals surface area contributed by atoms with Crippen LogP contribution in [0, 0.1) is 19.3 Å². The minimum atomic E-state index is -1.16. The summed E-state index contributed by atoms with van der Waals surface area (Å²) in [5.74, 6) is -0.518. The Bertz CT molecular complexity index is 1350. The number of hydrogen-bond donors (Lipinski definition) is 1. The molecule has 0 bridgehead atoms. The maximum absolute atomic E-state index is 12.6. The molecule has 1 aliphatic rings. The Kier molecular flexibility index (Phi) is 9.29. The average Bonchev–Trinajstić information content (AvgIpc) is 2.89. The third kappa shape index (κ3) is 7.57. The fourth-order valence-corrected chi connectivity index (χ4v) is 5.58. The fourth-order valence-electron chi connectivity index (χ4n) is 5.26. The van der Waals surface area contributed by atoms with E-state index < -0.39 is 17.7 Å². The van der Waals surface area contributed by atoms with E-state index in [-0.39, 0.29) is 5.41 Å². The maximum Gasteiger partial charge on any atom is 0.337 e. The van der Waals surface area contributed by atoms with E-state index in [1.807, 2.05) is 71.1 Å². The average molecular weight is 580 g/mol. The van der Waals surface area contributed by atoms with Crippen LogP contribution in [0.2, 0.25) is 5.02 Å². The van der Waals surface area contributed by atoms with Gasteiger partial charge < -0.3 is 19.5 Å². The van der Waals surface area contributed by atoms with Crippen molar-refractivity contribution in [2.24, 2.45) is 5.41 Å². The van der Waals surface area contributed by atoms with Gasteiger partial charge >= 0.3 is 5.97 Å². The number of aromatic nitrogens is 2. The molecule has 1 atom stereocenters. The van der Waals surface area contributed by atoms with Crippen molar-refractivity contribution in [1.29, 1.82) is 0 Å².